The van der Waals surface area contributed by atoms with Crippen LogP contribution in [0.1, 0.15) is 16.8 Å². The summed E-state index contributed by atoms with van der Waals surface area (Å²) in [5, 5.41) is 6.36. The SMILES string of the molecule is O=C(CNC(=O)c1ccccc1F)NCCCn1ccc2ccccc21. The number of nitrogens with zero attached hydrogens (tertiary/aromatic N) is 1. The maximum Gasteiger partial charge on any atom is 0.254 e. The molecule has 0 bridgehead atoms. The molecule has 0 aliphatic rings. The van der Waals surface area contributed by atoms with Crippen molar-refractivity contribution in [3.05, 3.63) is 72.2 Å². The Hall–Kier alpha value is -3.15. The zero-order chi connectivity index (χ0) is 18.4. The van der Waals surface area contributed by atoms with E-state index in [-0.39, 0.29) is 18.0 Å². The first kappa shape index (κ1) is 17.7. The maximum absolute atomic E-state index is 13.5. The van der Waals surface area contributed by atoms with Gasteiger partial charge in [0, 0.05) is 24.8 Å². The highest BCUT2D eigenvalue weighted by atomic mass is 19.1. The smallest absolute Gasteiger partial charge is 0.254 e. The van der Waals surface area contributed by atoms with Crippen LogP contribution in [0.25, 0.3) is 10.9 Å². The second-order valence-corrected chi connectivity index (χ2v) is 5.93. The number of carbonyl (C=O) groups is 2. The highest BCUT2D eigenvalue weighted by molar-refractivity contribution is 5.96. The zero-order valence-electron chi connectivity index (χ0n) is 14.2. The van der Waals surface area contributed by atoms with E-state index in [9.17, 15) is 14.0 Å². The molecule has 0 saturated heterocycles. The molecule has 3 rings (SSSR count). The van der Waals surface area contributed by atoms with Gasteiger partial charge in [-0.25, -0.2) is 4.39 Å². The Kier molecular flexibility index (Phi) is 5.63. The van der Waals surface area contributed by atoms with Gasteiger partial charge in [-0.3, -0.25) is 9.59 Å². The van der Waals surface area contributed by atoms with Crippen LogP contribution in [0.4, 0.5) is 4.39 Å². The van der Waals surface area contributed by atoms with Gasteiger partial charge in [0.2, 0.25) is 5.91 Å². The number of hydrogen-bond donors (Lipinski definition) is 2. The van der Waals surface area contributed by atoms with Crippen LogP contribution in [0.5, 0.6) is 0 Å². The summed E-state index contributed by atoms with van der Waals surface area (Å²) in [6.45, 7) is 1.11. The molecule has 0 radical (unpaired) electrons. The lowest BCUT2D eigenvalue weighted by Crippen LogP contribution is -2.37. The van der Waals surface area contributed by atoms with Crippen molar-refractivity contribution >= 4 is 22.7 Å². The number of aryl methyl sites for hydroxylation is 1. The van der Waals surface area contributed by atoms with Gasteiger partial charge in [0.1, 0.15) is 5.82 Å². The number of halogens is 1. The van der Waals surface area contributed by atoms with E-state index in [1.54, 1.807) is 6.07 Å². The molecule has 0 unspecified atom stereocenters. The topological polar surface area (TPSA) is 63.1 Å². The zero-order valence-corrected chi connectivity index (χ0v) is 14.2. The van der Waals surface area contributed by atoms with Crippen molar-refractivity contribution in [2.75, 3.05) is 13.1 Å². The van der Waals surface area contributed by atoms with Crippen molar-refractivity contribution in [3.63, 3.8) is 0 Å². The molecule has 0 fully saturated rings. The molecule has 26 heavy (non-hydrogen) atoms. The summed E-state index contributed by atoms with van der Waals surface area (Å²) in [6.07, 6.45) is 2.80. The van der Waals surface area contributed by atoms with E-state index in [4.69, 9.17) is 0 Å². The van der Waals surface area contributed by atoms with E-state index < -0.39 is 11.7 Å². The Morgan fingerprint density at radius 3 is 2.58 bits per heavy atom. The second kappa shape index (κ2) is 8.29. The number of benzene rings is 2. The van der Waals surface area contributed by atoms with Crippen LogP contribution < -0.4 is 10.6 Å². The van der Waals surface area contributed by atoms with Crippen molar-refractivity contribution in [2.24, 2.45) is 0 Å². The molecule has 134 valence electrons. The van der Waals surface area contributed by atoms with E-state index in [1.165, 1.54) is 23.6 Å². The maximum atomic E-state index is 13.5. The Balaban J connectivity index is 1.39. The molecule has 2 aromatic carbocycles. The summed E-state index contributed by atoms with van der Waals surface area (Å²) in [5.41, 5.74) is 1.09. The van der Waals surface area contributed by atoms with Crippen molar-refractivity contribution in [3.8, 4) is 0 Å². The van der Waals surface area contributed by atoms with Crippen LogP contribution in [0, 0.1) is 5.82 Å². The van der Waals surface area contributed by atoms with E-state index in [2.05, 4.69) is 33.4 Å². The number of fused-ring (bicyclic) bond motifs is 1. The molecule has 0 saturated carbocycles. The fourth-order valence-corrected chi connectivity index (χ4v) is 2.78. The summed E-state index contributed by atoms with van der Waals surface area (Å²) >= 11 is 0. The second-order valence-electron chi connectivity index (χ2n) is 5.93. The lowest BCUT2D eigenvalue weighted by atomic mass is 10.2. The lowest BCUT2D eigenvalue weighted by molar-refractivity contribution is -0.120. The van der Waals surface area contributed by atoms with E-state index in [0.29, 0.717) is 6.54 Å². The van der Waals surface area contributed by atoms with Crippen LogP contribution in [0.3, 0.4) is 0 Å². The normalized spacial score (nSPS) is 10.7. The minimum atomic E-state index is -0.607. The minimum absolute atomic E-state index is 0.0696. The monoisotopic (exact) mass is 353 g/mol. The predicted molar refractivity (Wildman–Crippen MR) is 98.3 cm³/mol. The quantitative estimate of drug-likeness (QED) is 0.642. The van der Waals surface area contributed by atoms with Gasteiger partial charge in [0.15, 0.2) is 0 Å². The Morgan fingerprint density at radius 1 is 0.962 bits per heavy atom. The minimum Gasteiger partial charge on any atom is -0.355 e. The number of amides is 2. The van der Waals surface area contributed by atoms with Gasteiger partial charge in [-0.1, -0.05) is 30.3 Å². The first-order valence-corrected chi connectivity index (χ1v) is 8.48. The van der Waals surface area contributed by atoms with Crippen LogP contribution >= 0.6 is 0 Å². The fourth-order valence-electron chi connectivity index (χ4n) is 2.78. The summed E-state index contributed by atoms with van der Waals surface area (Å²) in [4.78, 5) is 23.7. The third-order valence-electron chi connectivity index (χ3n) is 4.11. The Morgan fingerprint density at radius 2 is 1.73 bits per heavy atom. The Labute approximate surface area is 150 Å². The van der Waals surface area contributed by atoms with E-state index in [0.717, 1.165) is 18.5 Å². The molecule has 2 amide bonds. The number of hydrogen-bond acceptors (Lipinski definition) is 2. The highest BCUT2D eigenvalue weighted by Crippen LogP contribution is 2.15. The molecule has 1 heterocycles. The van der Waals surface area contributed by atoms with Crippen molar-refractivity contribution in [2.45, 2.75) is 13.0 Å². The molecule has 0 aliphatic carbocycles. The van der Waals surface area contributed by atoms with Gasteiger partial charge in [0.25, 0.3) is 5.91 Å². The van der Waals surface area contributed by atoms with Crippen LogP contribution in [-0.2, 0) is 11.3 Å². The van der Waals surface area contributed by atoms with Gasteiger partial charge >= 0.3 is 0 Å². The first-order valence-electron chi connectivity index (χ1n) is 8.48. The molecule has 5 nitrogen and oxygen atoms in total. The number of para-hydroxylation sites is 1. The third kappa shape index (κ3) is 4.27. The molecule has 0 spiro atoms. The number of aromatic nitrogens is 1. The van der Waals surface area contributed by atoms with E-state index in [1.807, 2.05) is 18.3 Å². The largest absolute Gasteiger partial charge is 0.355 e. The molecular formula is C20H20FN3O2. The van der Waals surface area contributed by atoms with Crippen LogP contribution in [-0.4, -0.2) is 29.5 Å². The van der Waals surface area contributed by atoms with Crippen LogP contribution in [0.15, 0.2) is 60.8 Å². The predicted octanol–water partition coefficient (Wildman–Crippen LogP) is 2.72. The number of rotatable bonds is 7. The summed E-state index contributed by atoms with van der Waals surface area (Å²) < 4.78 is 15.6. The Bertz CT molecular complexity index is 920. The van der Waals surface area contributed by atoms with Crippen molar-refractivity contribution < 1.29 is 14.0 Å². The average molecular weight is 353 g/mol. The molecule has 1 aromatic heterocycles. The van der Waals surface area contributed by atoms with Gasteiger partial charge in [-0.15, -0.1) is 0 Å². The summed E-state index contributed by atoms with van der Waals surface area (Å²) in [6, 6.07) is 15.9. The molecule has 0 aliphatic heterocycles. The highest BCUT2D eigenvalue weighted by Gasteiger charge is 2.11. The third-order valence-corrected chi connectivity index (χ3v) is 4.11. The first-order chi connectivity index (χ1) is 12.6. The standard InChI is InChI=1S/C20H20FN3O2/c21-17-8-3-2-7-16(17)20(26)23-14-19(25)22-11-5-12-24-13-10-15-6-1-4-9-18(15)24/h1-4,6-10,13H,5,11-12,14H2,(H,22,25)(H,23,26). The average Bonchev–Trinajstić information content (AvgIpc) is 3.07. The molecular weight excluding hydrogens is 333 g/mol. The van der Waals surface area contributed by atoms with Gasteiger partial charge in [0.05, 0.1) is 12.1 Å². The molecule has 6 heteroatoms. The molecule has 2 N–H and O–H groups in total. The molecule has 0 atom stereocenters. The van der Waals surface area contributed by atoms with Crippen LogP contribution in [0.2, 0.25) is 0 Å². The number of nitrogens with one attached hydrogen (secondary N) is 2. The fraction of sp³-hybridized carbons (Fsp3) is 0.200. The van der Waals surface area contributed by atoms with E-state index >= 15 is 0 Å². The summed E-state index contributed by atoms with van der Waals surface area (Å²) in [5.74, 6) is -1.51. The molecule has 3 aromatic rings. The summed E-state index contributed by atoms with van der Waals surface area (Å²) in [7, 11) is 0. The van der Waals surface area contributed by atoms with Gasteiger partial charge in [-0.05, 0) is 36.1 Å². The lowest BCUT2D eigenvalue weighted by Gasteiger charge is -2.08. The van der Waals surface area contributed by atoms with Crippen molar-refractivity contribution in [1.82, 2.24) is 15.2 Å². The van der Waals surface area contributed by atoms with Gasteiger partial charge in [-0.2, -0.15) is 0 Å². The van der Waals surface area contributed by atoms with Crippen molar-refractivity contribution in [1.29, 1.82) is 0 Å². The number of carbonyl (C=O) groups excluding carboxylic acids is 2. The van der Waals surface area contributed by atoms with Gasteiger partial charge < -0.3 is 15.2 Å².